The molecule has 0 aliphatic carbocycles. The van der Waals surface area contributed by atoms with Crippen LogP contribution in [0.25, 0.3) is 10.9 Å². The molecule has 1 unspecified atom stereocenters. The van der Waals surface area contributed by atoms with Crippen molar-refractivity contribution in [1.82, 2.24) is 30.1 Å². The molecule has 2 heterocycles. The van der Waals surface area contributed by atoms with Gasteiger partial charge in [-0.2, -0.15) is 0 Å². The second-order valence-electron chi connectivity index (χ2n) is 10.00. The number of aryl methyl sites for hydroxylation is 2. The number of aliphatic hydroxyl groups is 1. The minimum Gasteiger partial charge on any atom is -0.396 e. The summed E-state index contributed by atoms with van der Waals surface area (Å²) in [6.45, 7) is 15.9. The number of rotatable bonds is 10. The van der Waals surface area contributed by atoms with Crippen LogP contribution in [-0.4, -0.2) is 48.3 Å². The lowest BCUT2D eigenvalue weighted by Gasteiger charge is -2.35. The third-order valence-corrected chi connectivity index (χ3v) is 6.73. The Balaban J connectivity index is 2.06. The van der Waals surface area contributed by atoms with Gasteiger partial charge in [0.2, 0.25) is 0 Å². The first kappa shape index (κ1) is 25.1. The fourth-order valence-corrected chi connectivity index (χ4v) is 4.29. The Labute approximate surface area is 196 Å². The van der Waals surface area contributed by atoms with Crippen molar-refractivity contribution >= 4 is 10.9 Å². The van der Waals surface area contributed by atoms with Gasteiger partial charge in [0.15, 0.2) is 5.82 Å². The maximum atomic E-state index is 13.0. The van der Waals surface area contributed by atoms with E-state index in [0.717, 1.165) is 28.7 Å². The van der Waals surface area contributed by atoms with Crippen molar-refractivity contribution in [3.63, 3.8) is 0 Å². The van der Waals surface area contributed by atoms with Crippen molar-refractivity contribution < 1.29 is 5.11 Å². The number of aliphatic hydroxyl groups excluding tert-OH is 1. The van der Waals surface area contributed by atoms with Crippen LogP contribution in [0, 0.1) is 19.8 Å². The number of hydrogen-bond donors (Lipinski definition) is 2. The Bertz CT molecular complexity index is 1150. The van der Waals surface area contributed by atoms with Gasteiger partial charge in [0.25, 0.3) is 5.56 Å². The van der Waals surface area contributed by atoms with Crippen LogP contribution in [0.2, 0.25) is 0 Å². The molecule has 2 N–H and O–H groups in total. The number of pyridine rings is 1. The first-order chi connectivity index (χ1) is 15.6. The molecule has 2 aromatic heterocycles. The molecule has 0 aliphatic heterocycles. The van der Waals surface area contributed by atoms with Gasteiger partial charge >= 0.3 is 0 Å². The monoisotopic (exact) mass is 454 g/mol. The van der Waals surface area contributed by atoms with E-state index in [-0.39, 0.29) is 29.7 Å². The van der Waals surface area contributed by atoms with Crippen LogP contribution in [0.15, 0.2) is 23.0 Å². The van der Waals surface area contributed by atoms with Gasteiger partial charge in [0.05, 0.1) is 11.6 Å². The summed E-state index contributed by atoms with van der Waals surface area (Å²) < 4.78 is 1.92. The minimum atomic E-state index is -0.232. The van der Waals surface area contributed by atoms with E-state index in [0.29, 0.717) is 25.1 Å². The highest BCUT2D eigenvalue weighted by molar-refractivity contribution is 5.80. The van der Waals surface area contributed by atoms with Gasteiger partial charge in [-0.1, -0.05) is 20.8 Å². The summed E-state index contributed by atoms with van der Waals surface area (Å²) in [6, 6.07) is 6.03. The Morgan fingerprint density at radius 2 is 1.88 bits per heavy atom. The van der Waals surface area contributed by atoms with E-state index < -0.39 is 0 Å². The topological polar surface area (TPSA) is 99.9 Å². The minimum absolute atomic E-state index is 0.0826. The van der Waals surface area contributed by atoms with Gasteiger partial charge in [0.1, 0.15) is 0 Å². The average molecular weight is 455 g/mol. The normalized spacial score (nSPS) is 13.4. The summed E-state index contributed by atoms with van der Waals surface area (Å²) in [4.78, 5) is 18.3. The van der Waals surface area contributed by atoms with Crippen molar-refractivity contribution in [3.05, 3.63) is 51.1 Å². The summed E-state index contributed by atoms with van der Waals surface area (Å²) in [5.74, 6) is 0.990. The molecule has 0 radical (unpaired) electrons. The summed E-state index contributed by atoms with van der Waals surface area (Å²) in [5.41, 5.74) is 3.57. The Morgan fingerprint density at radius 3 is 2.52 bits per heavy atom. The lowest BCUT2D eigenvalue weighted by atomic mass is 9.97. The molecule has 0 bridgehead atoms. The van der Waals surface area contributed by atoms with Crippen molar-refractivity contribution in [2.45, 2.75) is 79.4 Å². The van der Waals surface area contributed by atoms with E-state index in [4.69, 9.17) is 0 Å². The molecule has 8 nitrogen and oxygen atoms in total. The number of benzene rings is 1. The molecule has 0 aliphatic rings. The molecule has 180 valence electrons. The van der Waals surface area contributed by atoms with Crippen LogP contribution in [0.4, 0.5) is 0 Å². The van der Waals surface area contributed by atoms with Crippen molar-refractivity contribution in [2.24, 2.45) is 5.92 Å². The number of aromatic amines is 1. The van der Waals surface area contributed by atoms with Crippen molar-refractivity contribution in [1.29, 1.82) is 0 Å². The Morgan fingerprint density at radius 1 is 1.18 bits per heavy atom. The first-order valence-electron chi connectivity index (χ1n) is 11.9. The summed E-state index contributed by atoms with van der Waals surface area (Å²) in [6.07, 6.45) is 1.49. The fraction of sp³-hybridized carbons (Fsp3) is 0.600. The van der Waals surface area contributed by atoms with Crippen LogP contribution >= 0.6 is 0 Å². The number of fused-ring (bicyclic) bond motifs is 1. The zero-order valence-electron chi connectivity index (χ0n) is 21.0. The van der Waals surface area contributed by atoms with Crippen molar-refractivity contribution in [2.75, 3.05) is 13.2 Å². The van der Waals surface area contributed by atoms with Gasteiger partial charge in [-0.05, 0) is 91.6 Å². The third-order valence-electron chi connectivity index (χ3n) is 6.73. The van der Waals surface area contributed by atoms with Gasteiger partial charge < -0.3 is 10.1 Å². The number of tetrazole rings is 1. The number of nitrogens with one attached hydrogen (secondary N) is 1. The predicted octanol–water partition coefficient (Wildman–Crippen LogP) is 3.86. The highest BCUT2D eigenvalue weighted by Gasteiger charge is 2.33. The number of aromatic nitrogens is 5. The van der Waals surface area contributed by atoms with Crippen LogP contribution in [0.3, 0.4) is 0 Å². The van der Waals surface area contributed by atoms with E-state index in [2.05, 4.69) is 73.0 Å². The average Bonchev–Trinajstić information content (AvgIpc) is 3.24. The molecule has 0 saturated heterocycles. The Hall–Kier alpha value is -2.58. The number of nitrogens with zero attached hydrogens (tertiary/aromatic N) is 5. The smallest absolute Gasteiger partial charge is 0.252 e. The van der Waals surface area contributed by atoms with Crippen LogP contribution in [0.5, 0.6) is 0 Å². The van der Waals surface area contributed by atoms with Crippen LogP contribution < -0.4 is 5.56 Å². The Kier molecular flexibility index (Phi) is 7.69. The highest BCUT2D eigenvalue weighted by Crippen LogP contribution is 2.32. The van der Waals surface area contributed by atoms with E-state index in [1.165, 1.54) is 5.56 Å². The maximum absolute atomic E-state index is 13.0. The van der Waals surface area contributed by atoms with Crippen LogP contribution in [0.1, 0.15) is 76.0 Å². The SMILES string of the molecule is CCC(C)(C)n1nnnc1C(C(C)C)N(CCCO)Cc1cc2cc(C)c(C)cc2[nH]c1=O. The fourth-order valence-electron chi connectivity index (χ4n) is 4.29. The molecule has 3 rings (SSSR count). The lowest BCUT2D eigenvalue weighted by molar-refractivity contribution is 0.115. The number of hydrogen-bond acceptors (Lipinski definition) is 6. The second-order valence-corrected chi connectivity index (χ2v) is 10.00. The zero-order valence-corrected chi connectivity index (χ0v) is 21.0. The highest BCUT2D eigenvalue weighted by atomic mass is 16.3. The largest absolute Gasteiger partial charge is 0.396 e. The molecular formula is C25H38N6O2. The molecule has 0 saturated carbocycles. The number of H-pyrrole nitrogens is 1. The van der Waals surface area contributed by atoms with Crippen LogP contribution in [-0.2, 0) is 12.1 Å². The van der Waals surface area contributed by atoms with Gasteiger partial charge in [0, 0.05) is 30.8 Å². The molecule has 1 atom stereocenters. The van der Waals surface area contributed by atoms with Crippen molar-refractivity contribution in [3.8, 4) is 0 Å². The molecule has 33 heavy (non-hydrogen) atoms. The summed E-state index contributed by atoms with van der Waals surface area (Å²) in [7, 11) is 0. The standard InChI is InChI=1S/C25H38N6O2/c1-8-25(6,7)31-23(27-28-29-31)22(16(2)3)30(10-9-11-32)15-20-14-19-12-17(4)18(5)13-21(19)26-24(20)33/h12-14,16,22,32H,8-11,15H2,1-7H3,(H,26,33). The van der Waals surface area contributed by atoms with E-state index in [1.807, 2.05) is 23.7 Å². The second kappa shape index (κ2) is 10.1. The molecule has 3 aromatic rings. The molecular weight excluding hydrogens is 416 g/mol. The maximum Gasteiger partial charge on any atom is 0.252 e. The third kappa shape index (κ3) is 5.33. The van der Waals surface area contributed by atoms with Gasteiger partial charge in [-0.25, -0.2) is 4.68 Å². The summed E-state index contributed by atoms with van der Waals surface area (Å²) in [5, 5.41) is 23.3. The van der Waals surface area contributed by atoms with E-state index in [9.17, 15) is 9.90 Å². The molecule has 0 amide bonds. The summed E-state index contributed by atoms with van der Waals surface area (Å²) >= 11 is 0. The molecule has 8 heteroatoms. The first-order valence-corrected chi connectivity index (χ1v) is 11.9. The molecule has 0 spiro atoms. The van der Waals surface area contributed by atoms with E-state index in [1.54, 1.807) is 0 Å². The van der Waals surface area contributed by atoms with E-state index >= 15 is 0 Å². The quantitative estimate of drug-likeness (QED) is 0.483. The van der Waals surface area contributed by atoms with Gasteiger partial charge in [-0.15, -0.1) is 5.10 Å². The molecule has 0 fully saturated rings. The lowest BCUT2D eigenvalue weighted by Crippen LogP contribution is -2.39. The van der Waals surface area contributed by atoms with Gasteiger partial charge in [-0.3, -0.25) is 9.69 Å². The predicted molar refractivity (Wildman–Crippen MR) is 131 cm³/mol. The zero-order chi connectivity index (χ0) is 24.3. The molecule has 1 aromatic carbocycles.